The van der Waals surface area contributed by atoms with E-state index >= 15 is 0 Å². The van der Waals surface area contributed by atoms with Crippen LogP contribution in [0.4, 0.5) is 5.13 Å². The summed E-state index contributed by atoms with van der Waals surface area (Å²) in [6.07, 6.45) is 0.434. The number of rotatable bonds is 5. The van der Waals surface area contributed by atoms with Crippen molar-refractivity contribution in [3.63, 3.8) is 0 Å². The van der Waals surface area contributed by atoms with Crippen LogP contribution in [0.2, 0.25) is 5.02 Å². The van der Waals surface area contributed by atoms with Crippen LogP contribution in [0.15, 0.2) is 65.6 Å². The summed E-state index contributed by atoms with van der Waals surface area (Å²) < 4.78 is 1.11. The summed E-state index contributed by atoms with van der Waals surface area (Å²) in [5.41, 5.74) is 0.916. The number of carbonyl (C=O) groups excluding carboxylic acids is 1. The number of hydrogen-bond donors (Lipinski definition) is 1. The van der Waals surface area contributed by atoms with Crippen LogP contribution in [-0.2, 0) is 4.79 Å². The Kier molecular flexibility index (Phi) is 5.11. The quantitative estimate of drug-likeness (QED) is 0.405. The molecule has 0 aliphatic heterocycles. The number of nitrogens with zero attached hydrogens (tertiary/aromatic N) is 1. The van der Waals surface area contributed by atoms with E-state index in [2.05, 4.69) is 28.5 Å². The van der Waals surface area contributed by atoms with Crippen LogP contribution in [0.1, 0.15) is 6.42 Å². The molecule has 1 aromatic heterocycles. The Morgan fingerprint density at radius 3 is 2.73 bits per heavy atom. The van der Waals surface area contributed by atoms with E-state index in [1.165, 1.54) is 22.1 Å². The second-order valence-corrected chi connectivity index (χ2v) is 8.36. The number of halogens is 1. The second-order valence-electron chi connectivity index (χ2n) is 5.75. The van der Waals surface area contributed by atoms with Crippen molar-refractivity contribution in [1.29, 1.82) is 0 Å². The average molecular weight is 399 g/mol. The van der Waals surface area contributed by atoms with Gasteiger partial charge in [-0.25, -0.2) is 4.98 Å². The first-order valence-corrected chi connectivity index (χ1v) is 10.3. The van der Waals surface area contributed by atoms with Crippen LogP contribution < -0.4 is 5.32 Å². The maximum absolute atomic E-state index is 12.2. The van der Waals surface area contributed by atoms with Crippen LogP contribution in [0, 0.1) is 0 Å². The first kappa shape index (κ1) is 17.3. The molecular weight excluding hydrogens is 384 g/mol. The van der Waals surface area contributed by atoms with Gasteiger partial charge in [0.15, 0.2) is 5.13 Å². The highest BCUT2D eigenvalue weighted by atomic mass is 35.5. The lowest BCUT2D eigenvalue weighted by atomic mass is 10.1. The highest BCUT2D eigenvalue weighted by Crippen LogP contribution is 2.32. The number of thioether (sulfide) groups is 1. The molecule has 0 aliphatic carbocycles. The average Bonchev–Trinajstić information content (AvgIpc) is 3.06. The molecule has 3 aromatic carbocycles. The van der Waals surface area contributed by atoms with Gasteiger partial charge in [0.1, 0.15) is 0 Å². The van der Waals surface area contributed by atoms with Crippen molar-refractivity contribution in [2.75, 3.05) is 11.1 Å². The Morgan fingerprint density at radius 1 is 1.08 bits per heavy atom. The molecule has 0 atom stereocenters. The number of thiazole rings is 1. The van der Waals surface area contributed by atoms with Crippen LogP contribution in [0.3, 0.4) is 0 Å². The summed E-state index contributed by atoms with van der Waals surface area (Å²) in [7, 11) is 0. The summed E-state index contributed by atoms with van der Waals surface area (Å²) in [5.74, 6) is 0.691. The van der Waals surface area contributed by atoms with Gasteiger partial charge in [-0.2, -0.15) is 0 Å². The van der Waals surface area contributed by atoms with Gasteiger partial charge in [0.05, 0.1) is 10.2 Å². The molecule has 0 aliphatic rings. The molecule has 1 heterocycles. The van der Waals surface area contributed by atoms with Gasteiger partial charge in [-0.1, -0.05) is 53.3 Å². The Balaban J connectivity index is 1.41. The van der Waals surface area contributed by atoms with E-state index < -0.39 is 0 Å². The second kappa shape index (κ2) is 7.66. The third-order valence-corrected chi connectivity index (χ3v) is 6.22. The van der Waals surface area contributed by atoms with Crippen LogP contribution in [-0.4, -0.2) is 16.6 Å². The SMILES string of the molecule is O=C(CCSc1ccc(Cl)cc1)Nc1nc2ccc3ccccc3c2s1. The smallest absolute Gasteiger partial charge is 0.226 e. The van der Waals surface area contributed by atoms with Gasteiger partial charge < -0.3 is 5.32 Å². The van der Waals surface area contributed by atoms with Crippen molar-refractivity contribution in [3.8, 4) is 0 Å². The lowest BCUT2D eigenvalue weighted by molar-refractivity contribution is -0.115. The summed E-state index contributed by atoms with van der Waals surface area (Å²) in [5, 5.41) is 6.64. The van der Waals surface area contributed by atoms with E-state index in [1.807, 2.05) is 42.5 Å². The largest absolute Gasteiger partial charge is 0.302 e. The monoisotopic (exact) mass is 398 g/mol. The van der Waals surface area contributed by atoms with Crippen molar-refractivity contribution in [2.24, 2.45) is 0 Å². The van der Waals surface area contributed by atoms with E-state index in [0.717, 1.165) is 20.1 Å². The molecule has 0 bridgehead atoms. The van der Waals surface area contributed by atoms with E-state index in [9.17, 15) is 4.79 Å². The van der Waals surface area contributed by atoms with Gasteiger partial charge in [-0.3, -0.25) is 4.79 Å². The van der Waals surface area contributed by atoms with Crippen LogP contribution in [0.25, 0.3) is 21.0 Å². The summed E-state index contributed by atoms with van der Waals surface area (Å²) >= 11 is 9.04. The van der Waals surface area contributed by atoms with Crippen molar-refractivity contribution in [1.82, 2.24) is 4.98 Å². The highest BCUT2D eigenvalue weighted by molar-refractivity contribution is 7.99. The molecule has 0 fully saturated rings. The van der Waals surface area contributed by atoms with Gasteiger partial charge in [0, 0.05) is 27.5 Å². The van der Waals surface area contributed by atoms with Crippen molar-refractivity contribution >= 4 is 66.7 Å². The zero-order valence-electron chi connectivity index (χ0n) is 13.7. The Labute approximate surface area is 164 Å². The zero-order valence-corrected chi connectivity index (χ0v) is 16.1. The van der Waals surface area contributed by atoms with Gasteiger partial charge in [0.2, 0.25) is 5.91 Å². The molecule has 26 heavy (non-hydrogen) atoms. The highest BCUT2D eigenvalue weighted by Gasteiger charge is 2.10. The van der Waals surface area contributed by atoms with Gasteiger partial charge in [-0.15, -0.1) is 11.8 Å². The van der Waals surface area contributed by atoms with Crippen LogP contribution in [0.5, 0.6) is 0 Å². The number of aromatic nitrogens is 1. The number of benzene rings is 3. The Hall–Kier alpha value is -2.08. The number of hydrogen-bond acceptors (Lipinski definition) is 4. The molecule has 0 unspecified atom stereocenters. The fraction of sp³-hybridized carbons (Fsp3) is 0.100. The molecule has 1 N–H and O–H groups in total. The number of fused-ring (bicyclic) bond motifs is 3. The molecule has 4 rings (SSSR count). The molecule has 0 saturated carbocycles. The van der Waals surface area contributed by atoms with Crippen molar-refractivity contribution in [3.05, 3.63) is 65.7 Å². The molecule has 3 nitrogen and oxygen atoms in total. The van der Waals surface area contributed by atoms with Gasteiger partial charge in [0.25, 0.3) is 0 Å². The molecular formula is C20H15ClN2OS2. The normalized spacial score (nSPS) is 11.1. The molecule has 0 saturated heterocycles. The predicted octanol–water partition coefficient (Wildman–Crippen LogP) is 6.22. The van der Waals surface area contributed by atoms with Crippen LogP contribution >= 0.6 is 34.7 Å². The minimum absolute atomic E-state index is 0.0187. The van der Waals surface area contributed by atoms with E-state index in [4.69, 9.17) is 11.6 Å². The number of anilines is 1. The summed E-state index contributed by atoms with van der Waals surface area (Å²) in [6, 6.07) is 19.9. The summed E-state index contributed by atoms with van der Waals surface area (Å²) in [4.78, 5) is 17.9. The maximum Gasteiger partial charge on any atom is 0.226 e. The van der Waals surface area contributed by atoms with E-state index in [-0.39, 0.29) is 5.91 Å². The predicted molar refractivity (Wildman–Crippen MR) is 113 cm³/mol. The summed E-state index contributed by atoms with van der Waals surface area (Å²) in [6.45, 7) is 0. The molecule has 0 spiro atoms. The number of carbonyl (C=O) groups is 1. The van der Waals surface area contributed by atoms with Gasteiger partial charge in [-0.05, 0) is 35.7 Å². The third kappa shape index (κ3) is 3.85. The topological polar surface area (TPSA) is 42.0 Å². The first-order valence-electron chi connectivity index (χ1n) is 8.15. The number of amides is 1. The van der Waals surface area contributed by atoms with Gasteiger partial charge >= 0.3 is 0 Å². The Bertz CT molecular complexity index is 1080. The standard InChI is InChI=1S/C20H15ClN2OS2/c21-14-6-8-15(9-7-14)25-12-11-18(24)23-20-22-17-10-5-13-3-1-2-4-16(13)19(17)26-20/h1-10H,11-12H2,(H,22,23,24). The van der Waals surface area contributed by atoms with Crippen molar-refractivity contribution in [2.45, 2.75) is 11.3 Å². The fourth-order valence-electron chi connectivity index (χ4n) is 2.68. The fourth-order valence-corrected chi connectivity index (χ4v) is 4.68. The maximum atomic E-state index is 12.2. The number of nitrogens with one attached hydrogen (secondary N) is 1. The van der Waals surface area contributed by atoms with E-state index in [1.54, 1.807) is 11.8 Å². The van der Waals surface area contributed by atoms with Crippen molar-refractivity contribution < 1.29 is 4.79 Å². The minimum Gasteiger partial charge on any atom is -0.302 e. The van der Waals surface area contributed by atoms with E-state index in [0.29, 0.717) is 17.3 Å². The minimum atomic E-state index is -0.0187. The molecule has 0 radical (unpaired) electrons. The third-order valence-electron chi connectivity index (χ3n) is 3.94. The molecule has 6 heteroatoms. The Morgan fingerprint density at radius 2 is 1.88 bits per heavy atom. The molecule has 4 aromatic rings. The lowest BCUT2D eigenvalue weighted by Gasteiger charge is -2.02. The lowest BCUT2D eigenvalue weighted by Crippen LogP contribution is -2.11. The first-order chi connectivity index (χ1) is 12.7. The molecule has 1 amide bonds. The molecule has 130 valence electrons. The zero-order chi connectivity index (χ0) is 17.9.